The Bertz CT molecular complexity index is 1200. The van der Waals surface area contributed by atoms with Gasteiger partial charge in [0.2, 0.25) is 0 Å². The number of aliphatic carboxylic acids is 1. The molecule has 2 aromatic carbocycles. The van der Waals surface area contributed by atoms with E-state index in [0.29, 0.717) is 22.6 Å². The highest BCUT2D eigenvalue weighted by Gasteiger charge is 2.36. The van der Waals surface area contributed by atoms with Gasteiger partial charge >= 0.3 is 5.97 Å². The molecule has 0 aliphatic carbocycles. The zero-order chi connectivity index (χ0) is 25.8. The lowest BCUT2D eigenvalue weighted by Crippen LogP contribution is -2.44. The number of hydrogen-bond acceptors (Lipinski definition) is 4. The molecule has 1 unspecified atom stereocenters. The summed E-state index contributed by atoms with van der Waals surface area (Å²) in [5.41, 5.74) is 1.37. The van der Waals surface area contributed by atoms with Crippen LogP contribution in [0.3, 0.4) is 0 Å². The van der Waals surface area contributed by atoms with Gasteiger partial charge in [0, 0.05) is 16.6 Å². The van der Waals surface area contributed by atoms with Gasteiger partial charge in [-0.25, -0.2) is 4.39 Å². The number of carboxylic acids is 1. The van der Waals surface area contributed by atoms with E-state index < -0.39 is 35.8 Å². The molecule has 0 fully saturated rings. The second-order valence-corrected chi connectivity index (χ2v) is 9.72. The number of nitrogens with zero attached hydrogens (tertiary/aromatic N) is 1. The molecule has 7 nitrogen and oxygen atoms in total. The number of aromatic nitrogens is 2. The van der Waals surface area contributed by atoms with Crippen LogP contribution in [0, 0.1) is 11.2 Å². The Morgan fingerprint density at radius 2 is 1.86 bits per heavy atom. The normalized spacial score (nSPS) is 13.9. The van der Waals surface area contributed by atoms with Crippen LogP contribution in [0.5, 0.6) is 0 Å². The van der Waals surface area contributed by atoms with Crippen molar-refractivity contribution in [1.29, 1.82) is 0 Å². The third kappa shape index (κ3) is 6.46. The molecule has 0 aliphatic heterocycles. The highest BCUT2D eigenvalue weighted by Crippen LogP contribution is 2.28. The van der Waals surface area contributed by atoms with Gasteiger partial charge < -0.3 is 15.5 Å². The first kappa shape index (κ1) is 26.4. The molecule has 3 rings (SSSR count). The fourth-order valence-corrected chi connectivity index (χ4v) is 3.95. The molecule has 0 saturated carbocycles. The average Bonchev–Trinajstić information content (AvgIpc) is 3.32. The van der Waals surface area contributed by atoms with Crippen LogP contribution in [0.15, 0.2) is 48.5 Å². The Morgan fingerprint density at radius 1 is 1.17 bits per heavy atom. The van der Waals surface area contributed by atoms with Gasteiger partial charge in [-0.05, 0) is 61.1 Å². The number of aromatic amines is 1. The lowest BCUT2D eigenvalue weighted by atomic mass is 9.82. The summed E-state index contributed by atoms with van der Waals surface area (Å²) in [5.74, 6) is -1.84. The van der Waals surface area contributed by atoms with Crippen molar-refractivity contribution in [2.75, 3.05) is 6.61 Å². The summed E-state index contributed by atoms with van der Waals surface area (Å²) < 4.78 is 14.2. The van der Waals surface area contributed by atoms with Crippen molar-refractivity contribution in [1.82, 2.24) is 15.5 Å². The molecule has 1 aromatic heterocycles. The minimum absolute atomic E-state index is 0.000418. The zero-order valence-electron chi connectivity index (χ0n) is 19.8. The van der Waals surface area contributed by atoms with E-state index in [1.54, 1.807) is 36.4 Å². The van der Waals surface area contributed by atoms with Crippen LogP contribution in [0.2, 0.25) is 5.02 Å². The van der Waals surface area contributed by atoms with E-state index >= 15 is 0 Å². The molecule has 0 radical (unpaired) electrons. The topological polar surface area (TPSA) is 115 Å². The molecule has 3 aromatic rings. The van der Waals surface area contributed by atoms with Crippen molar-refractivity contribution in [2.45, 2.75) is 45.6 Å². The van der Waals surface area contributed by atoms with Gasteiger partial charge in [-0.3, -0.25) is 14.7 Å². The summed E-state index contributed by atoms with van der Waals surface area (Å²) in [6, 6.07) is 12.5. The van der Waals surface area contributed by atoms with Gasteiger partial charge in [-0.2, -0.15) is 5.10 Å². The molecule has 0 saturated heterocycles. The predicted octanol–water partition coefficient (Wildman–Crippen LogP) is 4.81. The summed E-state index contributed by atoms with van der Waals surface area (Å²) in [5, 5.41) is 29.5. The zero-order valence-corrected chi connectivity index (χ0v) is 20.6. The maximum atomic E-state index is 14.2. The molecule has 35 heavy (non-hydrogen) atoms. The molecule has 0 aliphatic rings. The van der Waals surface area contributed by atoms with Crippen molar-refractivity contribution in [3.8, 4) is 11.1 Å². The third-order valence-electron chi connectivity index (χ3n) is 6.01. The Morgan fingerprint density at radius 3 is 2.43 bits per heavy atom. The van der Waals surface area contributed by atoms with Gasteiger partial charge in [0.15, 0.2) is 0 Å². The van der Waals surface area contributed by atoms with E-state index in [-0.39, 0.29) is 18.0 Å². The van der Waals surface area contributed by atoms with E-state index in [1.165, 1.54) is 19.1 Å². The second-order valence-electron chi connectivity index (χ2n) is 9.28. The molecule has 1 heterocycles. The number of carbonyl (C=O) groups excluding carboxylic acids is 1. The number of hydrogen-bond donors (Lipinski definition) is 4. The van der Waals surface area contributed by atoms with Crippen LogP contribution in [0.4, 0.5) is 4.39 Å². The van der Waals surface area contributed by atoms with Gasteiger partial charge in [-0.1, -0.05) is 49.7 Å². The number of aliphatic hydroxyl groups excluding tert-OH is 1. The van der Waals surface area contributed by atoms with E-state index in [2.05, 4.69) is 15.5 Å². The molecular weight excluding hydrogens is 473 g/mol. The first-order valence-electron chi connectivity index (χ1n) is 11.3. The van der Waals surface area contributed by atoms with E-state index in [9.17, 15) is 24.2 Å². The van der Waals surface area contributed by atoms with Crippen molar-refractivity contribution >= 4 is 23.5 Å². The third-order valence-corrected chi connectivity index (χ3v) is 6.24. The Kier molecular flexibility index (Phi) is 8.30. The van der Waals surface area contributed by atoms with Crippen LogP contribution >= 0.6 is 11.6 Å². The molecule has 0 bridgehead atoms. The van der Waals surface area contributed by atoms with Gasteiger partial charge in [0.25, 0.3) is 5.91 Å². The summed E-state index contributed by atoms with van der Waals surface area (Å²) in [6.45, 7) is 4.77. The fourth-order valence-electron chi connectivity index (χ4n) is 3.77. The van der Waals surface area contributed by atoms with E-state index in [1.807, 2.05) is 13.8 Å². The van der Waals surface area contributed by atoms with Crippen molar-refractivity contribution in [2.24, 2.45) is 5.41 Å². The van der Waals surface area contributed by atoms with Crippen LogP contribution in [-0.2, 0) is 11.2 Å². The minimum Gasteiger partial charge on any atom is -0.481 e. The standard InChI is InChI=1S/C26H29ClFN3O4/c1-15(2)22-12-23(31-30-22)24(33)29-19(13-26(3,14-32)25(34)35)10-16-4-6-17(7-5-16)20-11-18(27)8-9-21(20)28/h4-9,11-12,15,19,32H,10,13-14H2,1-3H3,(H,29,33)(H,30,31)(H,34,35)/t19-,26?/m1/s1. The number of aliphatic hydroxyl groups is 1. The summed E-state index contributed by atoms with van der Waals surface area (Å²) >= 11 is 6.00. The number of H-pyrrole nitrogens is 1. The second kappa shape index (κ2) is 11.0. The fraction of sp³-hybridized carbons (Fsp3) is 0.346. The van der Waals surface area contributed by atoms with Gasteiger partial charge in [0.05, 0.1) is 17.7 Å². The SMILES string of the molecule is CC(C)c1cc(C(=O)N[C@H](Cc2ccc(-c3cc(Cl)ccc3F)cc2)CC(C)(CO)C(=O)O)[nH]n1. The largest absolute Gasteiger partial charge is 0.481 e. The number of amides is 1. The smallest absolute Gasteiger partial charge is 0.311 e. The monoisotopic (exact) mass is 501 g/mol. The molecule has 0 spiro atoms. The summed E-state index contributed by atoms with van der Waals surface area (Å²) in [6.07, 6.45) is 0.304. The summed E-state index contributed by atoms with van der Waals surface area (Å²) in [7, 11) is 0. The lowest BCUT2D eigenvalue weighted by Gasteiger charge is -2.28. The van der Waals surface area contributed by atoms with E-state index in [0.717, 1.165) is 11.3 Å². The highest BCUT2D eigenvalue weighted by atomic mass is 35.5. The predicted molar refractivity (Wildman–Crippen MR) is 132 cm³/mol. The lowest BCUT2D eigenvalue weighted by molar-refractivity contribution is -0.151. The minimum atomic E-state index is -1.45. The Balaban J connectivity index is 1.83. The number of nitrogens with one attached hydrogen (secondary N) is 2. The maximum Gasteiger partial charge on any atom is 0.311 e. The first-order valence-corrected chi connectivity index (χ1v) is 11.6. The number of rotatable bonds is 10. The van der Waals surface area contributed by atoms with Crippen LogP contribution in [0.1, 0.15) is 54.9 Å². The van der Waals surface area contributed by atoms with Crippen LogP contribution in [-0.4, -0.2) is 44.9 Å². The number of halogens is 2. The van der Waals surface area contributed by atoms with Crippen LogP contribution < -0.4 is 5.32 Å². The molecular formula is C26H29ClFN3O4. The molecule has 186 valence electrons. The Labute approximate surface area is 208 Å². The van der Waals surface area contributed by atoms with Crippen molar-refractivity contribution < 1.29 is 24.2 Å². The molecule has 1 amide bonds. The van der Waals surface area contributed by atoms with Crippen LogP contribution in [0.25, 0.3) is 11.1 Å². The quantitative estimate of drug-likeness (QED) is 0.318. The summed E-state index contributed by atoms with van der Waals surface area (Å²) in [4.78, 5) is 24.7. The molecule has 9 heteroatoms. The van der Waals surface area contributed by atoms with Gasteiger partial charge in [-0.15, -0.1) is 0 Å². The van der Waals surface area contributed by atoms with Crippen molar-refractivity contribution in [3.05, 3.63) is 76.3 Å². The number of carbonyl (C=O) groups is 2. The average molecular weight is 502 g/mol. The van der Waals surface area contributed by atoms with Gasteiger partial charge in [0.1, 0.15) is 11.5 Å². The number of carboxylic acid groups (broad SMARTS) is 1. The Hall–Kier alpha value is -3.23. The maximum absolute atomic E-state index is 14.2. The number of benzene rings is 2. The molecule has 4 N–H and O–H groups in total. The van der Waals surface area contributed by atoms with Crippen molar-refractivity contribution in [3.63, 3.8) is 0 Å². The molecule has 2 atom stereocenters. The van der Waals surface area contributed by atoms with E-state index in [4.69, 9.17) is 11.6 Å². The highest BCUT2D eigenvalue weighted by molar-refractivity contribution is 6.30. The first-order chi connectivity index (χ1) is 16.5.